The topological polar surface area (TPSA) is 53.1 Å². The number of nitrogens with zero attached hydrogens (tertiary/aromatic N) is 2. The van der Waals surface area contributed by atoms with E-state index in [1.54, 1.807) is 6.33 Å². The molecule has 0 spiro atoms. The average Bonchev–Trinajstić information content (AvgIpc) is 2.63. The number of allylic oxidation sites excluding steroid dienone is 1. The first kappa shape index (κ1) is 10.2. The zero-order valence-corrected chi connectivity index (χ0v) is 8.85. The van der Waals surface area contributed by atoms with Gasteiger partial charge in [-0.05, 0) is 12.8 Å². The number of nitrogen functional groups attached to an aromatic ring is 1. The smallest absolute Gasteiger partial charge is 0.127 e. The predicted octanol–water partition coefficient (Wildman–Crippen LogP) is 1.55. The van der Waals surface area contributed by atoms with E-state index in [0.717, 1.165) is 37.6 Å². The molecule has 1 aromatic rings. The number of hydrogen-bond donors (Lipinski definition) is 1. The van der Waals surface area contributed by atoms with Crippen LogP contribution in [0.4, 0.5) is 5.82 Å². The molecule has 0 saturated carbocycles. The molecule has 1 unspecified atom stereocenters. The maximum atomic E-state index is 6.02. The van der Waals surface area contributed by atoms with Gasteiger partial charge in [0.15, 0.2) is 0 Å². The van der Waals surface area contributed by atoms with Crippen LogP contribution < -0.4 is 5.73 Å². The predicted molar refractivity (Wildman–Crippen MR) is 59.6 cm³/mol. The Kier molecular flexibility index (Phi) is 3.06. The van der Waals surface area contributed by atoms with Crippen molar-refractivity contribution in [2.24, 2.45) is 0 Å². The molecule has 2 N–H and O–H groups in total. The summed E-state index contributed by atoms with van der Waals surface area (Å²) in [5.74, 6) is 1.12. The zero-order valence-electron chi connectivity index (χ0n) is 8.85. The highest BCUT2D eigenvalue weighted by Crippen LogP contribution is 2.28. The fraction of sp³-hybridized carbons (Fsp3) is 0.545. The van der Waals surface area contributed by atoms with E-state index in [0.29, 0.717) is 12.5 Å². The molecule has 15 heavy (non-hydrogen) atoms. The van der Waals surface area contributed by atoms with E-state index in [2.05, 4.69) is 11.6 Å². The number of anilines is 1. The third kappa shape index (κ3) is 2.04. The van der Waals surface area contributed by atoms with Gasteiger partial charge in [-0.1, -0.05) is 6.08 Å². The van der Waals surface area contributed by atoms with Crippen LogP contribution in [0.3, 0.4) is 0 Å². The van der Waals surface area contributed by atoms with Gasteiger partial charge >= 0.3 is 0 Å². The van der Waals surface area contributed by atoms with Gasteiger partial charge in [-0.2, -0.15) is 0 Å². The van der Waals surface area contributed by atoms with Crippen molar-refractivity contribution in [3.8, 4) is 0 Å². The van der Waals surface area contributed by atoms with E-state index >= 15 is 0 Å². The number of nitrogens with two attached hydrogens (primary N) is 1. The van der Waals surface area contributed by atoms with Crippen molar-refractivity contribution in [2.45, 2.75) is 25.3 Å². The number of hydrogen-bond acceptors (Lipinski definition) is 3. The Hall–Kier alpha value is -1.29. The van der Waals surface area contributed by atoms with Crippen molar-refractivity contribution in [3.05, 3.63) is 24.7 Å². The summed E-state index contributed by atoms with van der Waals surface area (Å²) >= 11 is 0. The highest BCUT2D eigenvalue weighted by atomic mass is 16.5. The standard InChI is InChI=1S/C11H17N3O/c1-2-5-14-8-13-10(11(14)12)9-4-3-6-15-7-9/h2,8-9H,1,3-7,12H2. The minimum absolute atomic E-state index is 0.366. The van der Waals surface area contributed by atoms with Crippen LogP contribution in [-0.2, 0) is 11.3 Å². The Labute approximate surface area is 89.7 Å². The van der Waals surface area contributed by atoms with Crippen molar-refractivity contribution in [3.63, 3.8) is 0 Å². The quantitative estimate of drug-likeness (QED) is 0.765. The number of aromatic nitrogens is 2. The molecule has 1 fully saturated rings. The first-order valence-corrected chi connectivity index (χ1v) is 5.32. The minimum atomic E-state index is 0.366. The maximum absolute atomic E-state index is 6.02. The largest absolute Gasteiger partial charge is 0.384 e. The van der Waals surface area contributed by atoms with E-state index < -0.39 is 0 Å². The van der Waals surface area contributed by atoms with Gasteiger partial charge in [-0.3, -0.25) is 0 Å². The van der Waals surface area contributed by atoms with E-state index in [1.807, 2.05) is 10.6 Å². The van der Waals surface area contributed by atoms with Crippen molar-refractivity contribution in [1.82, 2.24) is 9.55 Å². The van der Waals surface area contributed by atoms with E-state index in [-0.39, 0.29) is 0 Å². The second kappa shape index (κ2) is 4.49. The number of ether oxygens (including phenoxy) is 1. The summed E-state index contributed by atoms with van der Waals surface area (Å²) in [6.07, 6.45) is 5.81. The maximum Gasteiger partial charge on any atom is 0.127 e. The molecule has 2 rings (SSSR count). The Morgan fingerprint density at radius 3 is 3.27 bits per heavy atom. The zero-order chi connectivity index (χ0) is 10.7. The highest BCUT2D eigenvalue weighted by Gasteiger charge is 2.21. The van der Waals surface area contributed by atoms with Crippen LogP contribution in [0.15, 0.2) is 19.0 Å². The van der Waals surface area contributed by atoms with Crippen LogP contribution in [0, 0.1) is 0 Å². The lowest BCUT2D eigenvalue weighted by molar-refractivity contribution is 0.0796. The Morgan fingerprint density at radius 2 is 2.60 bits per heavy atom. The Balaban J connectivity index is 2.16. The van der Waals surface area contributed by atoms with Gasteiger partial charge < -0.3 is 15.0 Å². The summed E-state index contributed by atoms with van der Waals surface area (Å²) in [5.41, 5.74) is 7.00. The first-order valence-electron chi connectivity index (χ1n) is 5.32. The monoisotopic (exact) mass is 207 g/mol. The summed E-state index contributed by atoms with van der Waals surface area (Å²) in [7, 11) is 0. The van der Waals surface area contributed by atoms with Crippen LogP contribution in [0.1, 0.15) is 24.5 Å². The SMILES string of the molecule is C=CCn1cnc(C2CCCOC2)c1N. The molecule has 0 radical (unpaired) electrons. The molecular weight excluding hydrogens is 190 g/mol. The number of imidazole rings is 1. The van der Waals surface area contributed by atoms with Crippen LogP contribution >= 0.6 is 0 Å². The summed E-state index contributed by atoms with van der Waals surface area (Å²) in [6.45, 7) is 6.01. The molecule has 1 aliphatic rings. The Bertz CT molecular complexity index is 340. The molecule has 1 atom stereocenters. The molecule has 1 aromatic heterocycles. The van der Waals surface area contributed by atoms with Crippen molar-refractivity contribution in [2.75, 3.05) is 18.9 Å². The van der Waals surface area contributed by atoms with Crippen molar-refractivity contribution < 1.29 is 4.74 Å². The van der Waals surface area contributed by atoms with Crippen molar-refractivity contribution >= 4 is 5.82 Å². The number of rotatable bonds is 3. The molecule has 0 aromatic carbocycles. The average molecular weight is 207 g/mol. The third-order valence-electron chi connectivity index (χ3n) is 2.78. The van der Waals surface area contributed by atoms with Crippen LogP contribution in [0.5, 0.6) is 0 Å². The third-order valence-corrected chi connectivity index (χ3v) is 2.78. The van der Waals surface area contributed by atoms with Gasteiger partial charge in [-0.25, -0.2) is 4.98 Å². The fourth-order valence-electron chi connectivity index (χ4n) is 1.96. The second-order valence-corrected chi connectivity index (χ2v) is 3.87. The van der Waals surface area contributed by atoms with Crippen molar-refractivity contribution in [1.29, 1.82) is 0 Å². The van der Waals surface area contributed by atoms with Gasteiger partial charge in [-0.15, -0.1) is 6.58 Å². The van der Waals surface area contributed by atoms with Gasteiger partial charge in [0.1, 0.15) is 5.82 Å². The van der Waals surface area contributed by atoms with Gasteiger partial charge in [0.25, 0.3) is 0 Å². The lowest BCUT2D eigenvalue weighted by Gasteiger charge is -2.20. The molecule has 0 bridgehead atoms. The lowest BCUT2D eigenvalue weighted by atomic mass is 9.99. The van der Waals surface area contributed by atoms with Crippen LogP contribution in [0.2, 0.25) is 0 Å². The molecule has 2 heterocycles. The molecule has 0 aliphatic carbocycles. The molecule has 1 aliphatic heterocycles. The molecule has 82 valence electrons. The summed E-state index contributed by atoms with van der Waals surface area (Å²) in [6, 6.07) is 0. The summed E-state index contributed by atoms with van der Waals surface area (Å²) in [4.78, 5) is 4.37. The molecule has 4 heteroatoms. The van der Waals surface area contributed by atoms with E-state index in [9.17, 15) is 0 Å². The van der Waals surface area contributed by atoms with E-state index in [4.69, 9.17) is 10.5 Å². The Morgan fingerprint density at radius 1 is 1.73 bits per heavy atom. The fourth-order valence-corrected chi connectivity index (χ4v) is 1.96. The van der Waals surface area contributed by atoms with Crippen LogP contribution in [-0.4, -0.2) is 22.8 Å². The first-order chi connectivity index (χ1) is 7.33. The molecular formula is C11H17N3O. The second-order valence-electron chi connectivity index (χ2n) is 3.87. The lowest BCUT2D eigenvalue weighted by Crippen LogP contribution is -2.17. The van der Waals surface area contributed by atoms with Crippen LogP contribution in [0.25, 0.3) is 0 Å². The van der Waals surface area contributed by atoms with Gasteiger partial charge in [0, 0.05) is 19.1 Å². The molecule has 0 amide bonds. The summed E-state index contributed by atoms with van der Waals surface area (Å²) < 4.78 is 7.35. The van der Waals surface area contributed by atoms with Gasteiger partial charge in [0.2, 0.25) is 0 Å². The molecule has 4 nitrogen and oxygen atoms in total. The highest BCUT2D eigenvalue weighted by molar-refractivity contribution is 5.39. The van der Waals surface area contributed by atoms with E-state index in [1.165, 1.54) is 0 Å². The summed E-state index contributed by atoms with van der Waals surface area (Å²) in [5, 5.41) is 0. The normalized spacial score (nSPS) is 21.5. The minimum Gasteiger partial charge on any atom is -0.384 e. The molecule has 1 saturated heterocycles. The van der Waals surface area contributed by atoms with Gasteiger partial charge in [0.05, 0.1) is 18.6 Å².